The van der Waals surface area contributed by atoms with Crippen molar-refractivity contribution in [3.63, 3.8) is 0 Å². The van der Waals surface area contributed by atoms with Crippen LogP contribution in [0, 0.1) is 5.92 Å². The zero-order valence-electron chi connectivity index (χ0n) is 17.1. The largest absolute Gasteiger partial charge is 0.492 e. The van der Waals surface area contributed by atoms with E-state index in [0.29, 0.717) is 17.9 Å². The maximum absolute atomic E-state index is 13.2. The van der Waals surface area contributed by atoms with Crippen molar-refractivity contribution in [3.05, 3.63) is 36.4 Å². The number of ether oxygens (including phenoxy) is 1. The number of nitrogens with zero attached hydrogens (tertiary/aromatic N) is 6. The van der Waals surface area contributed by atoms with E-state index >= 15 is 0 Å². The number of rotatable bonds is 6. The molecule has 0 N–H and O–H groups in total. The number of piperidine rings is 1. The number of halogens is 5. The van der Waals surface area contributed by atoms with Crippen molar-refractivity contribution in [3.8, 4) is 5.75 Å². The monoisotopic (exact) mass is 456 g/mol. The lowest BCUT2D eigenvalue weighted by atomic mass is 9.94. The second-order valence-corrected chi connectivity index (χ2v) is 7.78. The van der Waals surface area contributed by atoms with Crippen LogP contribution in [0.15, 0.2) is 30.9 Å². The summed E-state index contributed by atoms with van der Waals surface area (Å²) in [5, 5.41) is 3.92. The lowest BCUT2D eigenvalue weighted by Crippen LogP contribution is -2.44. The summed E-state index contributed by atoms with van der Waals surface area (Å²) in [7, 11) is 0. The molecule has 1 saturated heterocycles. The van der Waals surface area contributed by atoms with Crippen LogP contribution in [0.5, 0.6) is 5.75 Å². The van der Waals surface area contributed by atoms with E-state index in [1.54, 1.807) is 6.20 Å². The van der Waals surface area contributed by atoms with Gasteiger partial charge in [-0.25, -0.2) is 23.4 Å². The second kappa shape index (κ2) is 8.83. The van der Waals surface area contributed by atoms with Crippen LogP contribution in [0.4, 0.5) is 27.8 Å². The molecule has 4 heterocycles. The Labute approximate surface area is 180 Å². The summed E-state index contributed by atoms with van der Waals surface area (Å²) < 4.78 is 71.8. The van der Waals surface area contributed by atoms with E-state index < -0.39 is 24.7 Å². The molecule has 7 nitrogen and oxygen atoms in total. The van der Waals surface area contributed by atoms with E-state index in [0.717, 1.165) is 23.7 Å². The van der Waals surface area contributed by atoms with Gasteiger partial charge in [0.25, 0.3) is 6.43 Å². The van der Waals surface area contributed by atoms with Crippen LogP contribution in [-0.4, -0.2) is 50.4 Å². The molecule has 0 radical (unpaired) electrons. The van der Waals surface area contributed by atoms with Crippen LogP contribution in [0.1, 0.15) is 25.3 Å². The average Bonchev–Trinajstić information content (AvgIpc) is 3.14. The number of aromatic nitrogens is 5. The first-order valence-electron chi connectivity index (χ1n) is 10.1. The van der Waals surface area contributed by atoms with Gasteiger partial charge in [-0.1, -0.05) is 0 Å². The van der Waals surface area contributed by atoms with Gasteiger partial charge in [0.15, 0.2) is 5.65 Å². The van der Waals surface area contributed by atoms with Gasteiger partial charge >= 0.3 is 6.18 Å². The number of hydrogen-bond acceptors (Lipinski definition) is 6. The smallest absolute Gasteiger partial charge is 0.421 e. The third-order valence-corrected chi connectivity index (χ3v) is 5.48. The average molecular weight is 456 g/mol. The molecule has 0 aromatic carbocycles. The molecule has 1 aliphatic heterocycles. The summed E-state index contributed by atoms with van der Waals surface area (Å²) >= 11 is 0. The molecular formula is C20H21F5N6O. The standard InChI is InChI=1S/C20H21F5N6O/c1-12-2-3-13(11-32-16-4-5-26-6-14(16)20(23,24)25)9-30(12)18-8-27-15-7-28-31(10-17(21)22)19(15)29-18/h4-8,12-13,17H,2-3,9-11H2,1H3/t12-,13+/m1/s1. The summed E-state index contributed by atoms with van der Waals surface area (Å²) in [6, 6.07) is 1.30. The molecule has 0 spiro atoms. The fourth-order valence-electron chi connectivity index (χ4n) is 3.81. The van der Waals surface area contributed by atoms with Crippen molar-refractivity contribution in [1.29, 1.82) is 0 Å². The summed E-state index contributed by atoms with van der Waals surface area (Å²) in [6.45, 7) is 2.00. The molecule has 12 heteroatoms. The quantitative estimate of drug-likeness (QED) is 0.518. The van der Waals surface area contributed by atoms with Crippen LogP contribution in [0.25, 0.3) is 11.2 Å². The molecular weight excluding hydrogens is 435 g/mol. The predicted octanol–water partition coefficient (Wildman–Crippen LogP) is 4.19. The van der Waals surface area contributed by atoms with Crippen LogP contribution in [-0.2, 0) is 12.7 Å². The number of alkyl halides is 5. The minimum Gasteiger partial charge on any atom is -0.492 e. The van der Waals surface area contributed by atoms with Gasteiger partial charge in [-0.3, -0.25) is 4.98 Å². The molecule has 3 aromatic rings. The molecule has 3 aromatic heterocycles. The summed E-state index contributed by atoms with van der Waals surface area (Å²) in [5.74, 6) is 0.198. The minimum atomic E-state index is -4.55. The van der Waals surface area contributed by atoms with Gasteiger partial charge in [0, 0.05) is 30.9 Å². The first-order valence-corrected chi connectivity index (χ1v) is 10.1. The summed E-state index contributed by atoms with van der Waals surface area (Å²) in [4.78, 5) is 14.3. The summed E-state index contributed by atoms with van der Waals surface area (Å²) in [5.41, 5.74) is -0.235. The normalized spacial score (nSPS) is 19.7. The molecule has 0 amide bonds. The van der Waals surface area contributed by atoms with Crippen molar-refractivity contribution in [2.75, 3.05) is 18.1 Å². The summed E-state index contributed by atoms with van der Waals surface area (Å²) in [6.07, 6.45) is -0.642. The lowest BCUT2D eigenvalue weighted by Gasteiger charge is -2.38. The van der Waals surface area contributed by atoms with Gasteiger partial charge in [0.1, 0.15) is 29.2 Å². The Morgan fingerprint density at radius 2 is 2.00 bits per heavy atom. The van der Waals surface area contributed by atoms with Crippen molar-refractivity contribution in [2.45, 2.75) is 45.0 Å². The van der Waals surface area contributed by atoms with Crippen LogP contribution in [0.2, 0.25) is 0 Å². The highest BCUT2D eigenvalue weighted by atomic mass is 19.4. The molecule has 4 rings (SSSR count). The molecule has 0 unspecified atom stereocenters. The Hall–Kier alpha value is -3.05. The van der Waals surface area contributed by atoms with Gasteiger partial charge in [0.2, 0.25) is 0 Å². The fraction of sp³-hybridized carbons (Fsp3) is 0.500. The number of anilines is 1. The zero-order valence-corrected chi connectivity index (χ0v) is 17.1. The van der Waals surface area contributed by atoms with Crippen molar-refractivity contribution >= 4 is 17.0 Å². The van der Waals surface area contributed by atoms with Crippen molar-refractivity contribution in [1.82, 2.24) is 24.7 Å². The van der Waals surface area contributed by atoms with Gasteiger partial charge < -0.3 is 9.64 Å². The van der Waals surface area contributed by atoms with Gasteiger partial charge in [0.05, 0.1) is 19.0 Å². The van der Waals surface area contributed by atoms with Crippen LogP contribution >= 0.6 is 0 Å². The van der Waals surface area contributed by atoms with Crippen LogP contribution in [0.3, 0.4) is 0 Å². The second-order valence-electron chi connectivity index (χ2n) is 7.78. The van der Waals surface area contributed by atoms with Gasteiger partial charge in [-0.15, -0.1) is 0 Å². The highest BCUT2D eigenvalue weighted by molar-refractivity contribution is 5.71. The molecule has 1 fully saturated rings. The molecule has 1 aliphatic rings. The molecule has 0 saturated carbocycles. The van der Waals surface area contributed by atoms with E-state index in [2.05, 4.69) is 20.1 Å². The fourth-order valence-corrected chi connectivity index (χ4v) is 3.81. The molecule has 0 bridgehead atoms. The predicted molar refractivity (Wildman–Crippen MR) is 106 cm³/mol. The number of pyridine rings is 1. The maximum atomic E-state index is 13.2. The van der Waals surface area contributed by atoms with Crippen molar-refractivity contribution < 1.29 is 26.7 Å². The lowest BCUT2D eigenvalue weighted by molar-refractivity contribution is -0.139. The van der Waals surface area contributed by atoms with Crippen LogP contribution < -0.4 is 9.64 Å². The topological polar surface area (TPSA) is 69.0 Å². The van der Waals surface area contributed by atoms with E-state index in [1.165, 1.54) is 18.5 Å². The van der Waals surface area contributed by atoms with E-state index in [4.69, 9.17) is 4.74 Å². The van der Waals surface area contributed by atoms with E-state index in [1.807, 2.05) is 11.8 Å². The Morgan fingerprint density at radius 3 is 2.75 bits per heavy atom. The van der Waals surface area contributed by atoms with E-state index in [9.17, 15) is 22.0 Å². The molecule has 0 aliphatic carbocycles. The Morgan fingerprint density at radius 1 is 1.19 bits per heavy atom. The molecule has 2 atom stereocenters. The zero-order chi connectivity index (χ0) is 22.9. The van der Waals surface area contributed by atoms with E-state index in [-0.39, 0.29) is 30.0 Å². The minimum absolute atomic E-state index is 0.0519. The first kappa shape index (κ1) is 22.2. The Bertz CT molecular complexity index is 1070. The number of fused-ring (bicyclic) bond motifs is 1. The first-order chi connectivity index (χ1) is 15.2. The highest BCUT2D eigenvalue weighted by Crippen LogP contribution is 2.36. The van der Waals surface area contributed by atoms with Gasteiger partial charge in [-0.05, 0) is 25.8 Å². The Kier molecular flexibility index (Phi) is 6.11. The third-order valence-electron chi connectivity index (χ3n) is 5.48. The third kappa shape index (κ3) is 4.73. The molecule has 32 heavy (non-hydrogen) atoms. The van der Waals surface area contributed by atoms with Gasteiger partial charge in [-0.2, -0.15) is 18.3 Å². The Balaban J connectivity index is 1.50. The molecule has 172 valence electrons. The number of hydrogen-bond donors (Lipinski definition) is 0. The highest BCUT2D eigenvalue weighted by Gasteiger charge is 2.35. The van der Waals surface area contributed by atoms with Crippen molar-refractivity contribution in [2.24, 2.45) is 5.92 Å². The maximum Gasteiger partial charge on any atom is 0.421 e. The SMILES string of the molecule is C[C@@H]1CC[C@H](COc2ccncc2C(F)(F)F)CN1c1cnc2cnn(CC(F)F)c2n1.